The summed E-state index contributed by atoms with van der Waals surface area (Å²) in [5.41, 5.74) is 6.98. The number of aromatic nitrogens is 2. The predicted molar refractivity (Wildman–Crippen MR) is 145 cm³/mol. The fraction of sp³-hybridized carbons (Fsp3) is 0.0357. The Labute approximate surface area is 222 Å². The minimum atomic E-state index is -4.05. The SMILES string of the molecule is Cc1cc(C(=O)Nc2ccc(-c3ccccc3S(N)(=O)=O)cc2F)n(-c2cc3ccccc3cc2C(N)=O)n1. The second kappa shape index (κ2) is 9.78. The number of nitrogens with two attached hydrogens (primary N) is 2. The molecule has 0 saturated carbocycles. The number of halogens is 1. The van der Waals surface area contributed by atoms with Crippen LogP contribution in [0.25, 0.3) is 27.6 Å². The summed E-state index contributed by atoms with van der Waals surface area (Å²) in [6.07, 6.45) is 0. The lowest BCUT2D eigenvalue weighted by Crippen LogP contribution is -2.20. The molecule has 0 unspecified atom stereocenters. The number of primary amides is 1. The molecule has 39 heavy (non-hydrogen) atoms. The quantitative estimate of drug-likeness (QED) is 0.294. The molecule has 0 bridgehead atoms. The molecule has 1 aromatic heterocycles. The van der Waals surface area contributed by atoms with Gasteiger partial charge in [-0.05, 0) is 59.7 Å². The number of fused-ring (bicyclic) bond motifs is 1. The number of primary sulfonamides is 1. The maximum Gasteiger partial charge on any atom is 0.274 e. The Morgan fingerprint density at radius 2 is 1.59 bits per heavy atom. The highest BCUT2D eigenvalue weighted by Crippen LogP contribution is 2.30. The van der Waals surface area contributed by atoms with Crippen molar-refractivity contribution in [1.82, 2.24) is 9.78 Å². The molecule has 0 aliphatic heterocycles. The van der Waals surface area contributed by atoms with Crippen LogP contribution in [0.3, 0.4) is 0 Å². The Morgan fingerprint density at radius 3 is 2.26 bits per heavy atom. The lowest BCUT2D eigenvalue weighted by atomic mass is 10.0. The van der Waals surface area contributed by atoms with Gasteiger partial charge >= 0.3 is 0 Å². The smallest absolute Gasteiger partial charge is 0.274 e. The molecule has 2 amide bonds. The molecule has 9 nitrogen and oxygen atoms in total. The maximum absolute atomic E-state index is 15.1. The number of nitrogens with one attached hydrogen (secondary N) is 1. The van der Waals surface area contributed by atoms with Crippen LogP contribution < -0.4 is 16.2 Å². The van der Waals surface area contributed by atoms with Gasteiger partial charge in [0.1, 0.15) is 11.5 Å². The third-order valence-electron chi connectivity index (χ3n) is 6.14. The van der Waals surface area contributed by atoms with Gasteiger partial charge in [0.25, 0.3) is 11.8 Å². The van der Waals surface area contributed by atoms with Crippen molar-refractivity contribution in [2.24, 2.45) is 10.9 Å². The number of amides is 2. The van der Waals surface area contributed by atoms with Crippen molar-refractivity contribution in [2.45, 2.75) is 11.8 Å². The molecule has 0 radical (unpaired) electrons. The molecule has 0 aliphatic carbocycles. The Hall–Kier alpha value is -4.87. The van der Waals surface area contributed by atoms with Gasteiger partial charge in [-0.2, -0.15) is 5.10 Å². The van der Waals surface area contributed by atoms with E-state index in [4.69, 9.17) is 10.9 Å². The Balaban J connectivity index is 1.52. The average Bonchev–Trinajstić information content (AvgIpc) is 3.30. The lowest BCUT2D eigenvalue weighted by Gasteiger charge is -2.14. The molecule has 11 heteroatoms. The highest BCUT2D eigenvalue weighted by atomic mass is 32.2. The molecule has 196 valence electrons. The first kappa shape index (κ1) is 25.8. The van der Waals surface area contributed by atoms with Crippen molar-refractivity contribution in [3.8, 4) is 16.8 Å². The predicted octanol–water partition coefficient (Wildman–Crippen LogP) is 4.14. The minimum absolute atomic E-state index is 0.0494. The van der Waals surface area contributed by atoms with E-state index in [0.29, 0.717) is 11.4 Å². The van der Waals surface area contributed by atoms with Crippen LogP contribution in [0.2, 0.25) is 0 Å². The van der Waals surface area contributed by atoms with E-state index >= 15 is 4.39 Å². The van der Waals surface area contributed by atoms with Crippen molar-refractivity contribution in [3.63, 3.8) is 0 Å². The zero-order valence-corrected chi connectivity index (χ0v) is 21.4. The zero-order chi connectivity index (χ0) is 27.9. The van der Waals surface area contributed by atoms with E-state index in [1.54, 1.807) is 25.1 Å². The summed E-state index contributed by atoms with van der Waals surface area (Å²) in [5.74, 6) is -2.18. The Bertz CT molecular complexity index is 1900. The fourth-order valence-corrected chi connectivity index (χ4v) is 5.13. The molecule has 1 heterocycles. The highest BCUT2D eigenvalue weighted by molar-refractivity contribution is 7.89. The highest BCUT2D eigenvalue weighted by Gasteiger charge is 2.22. The van der Waals surface area contributed by atoms with Crippen molar-refractivity contribution < 1.29 is 22.4 Å². The van der Waals surface area contributed by atoms with Crippen LogP contribution in [0.1, 0.15) is 26.5 Å². The summed E-state index contributed by atoms with van der Waals surface area (Å²) in [4.78, 5) is 25.4. The van der Waals surface area contributed by atoms with Gasteiger partial charge in [0.05, 0.1) is 27.5 Å². The molecule has 0 atom stereocenters. The molecule has 0 spiro atoms. The number of rotatable bonds is 6. The van der Waals surface area contributed by atoms with E-state index in [1.165, 1.54) is 41.1 Å². The van der Waals surface area contributed by atoms with Crippen molar-refractivity contribution in [2.75, 3.05) is 5.32 Å². The van der Waals surface area contributed by atoms with Crippen LogP contribution in [0.4, 0.5) is 10.1 Å². The lowest BCUT2D eigenvalue weighted by molar-refractivity contribution is 0.0993. The van der Waals surface area contributed by atoms with Gasteiger partial charge in [0.15, 0.2) is 0 Å². The average molecular weight is 544 g/mol. The normalized spacial score (nSPS) is 11.5. The number of anilines is 1. The van der Waals surface area contributed by atoms with Crippen LogP contribution >= 0.6 is 0 Å². The van der Waals surface area contributed by atoms with Crippen molar-refractivity contribution in [1.29, 1.82) is 0 Å². The van der Waals surface area contributed by atoms with Crippen molar-refractivity contribution in [3.05, 3.63) is 108 Å². The van der Waals surface area contributed by atoms with Crippen LogP contribution in [0, 0.1) is 12.7 Å². The van der Waals surface area contributed by atoms with E-state index in [1.807, 2.05) is 24.3 Å². The molecule has 0 fully saturated rings. The van der Waals surface area contributed by atoms with Gasteiger partial charge in [0, 0.05) is 5.56 Å². The standard InChI is InChI=1S/C28H22FN5O4S/c1-16-12-25(34(33-16)24-15-18-7-3-2-6-17(18)13-21(24)27(30)35)28(36)32-23-11-10-19(14-22(23)29)20-8-4-5-9-26(20)39(31,37)38/h2-15H,1H3,(H2,30,35)(H,32,36)(H2,31,37,38). The molecule has 5 rings (SSSR count). The molecule has 0 saturated heterocycles. The monoisotopic (exact) mass is 543 g/mol. The van der Waals surface area contributed by atoms with Crippen LogP contribution in [-0.2, 0) is 10.0 Å². The van der Waals surface area contributed by atoms with Gasteiger partial charge in [0.2, 0.25) is 10.0 Å². The number of carbonyl (C=O) groups is 2. The zero-order valence-electron chi connectivity index (χ0n) is 20.6. The first-order chi connectivity index (χ1) is 18.5. The van der Waals surface area contributed by atoms with Crippen molar-refractivity contribution >= 4 is 38.3 Å². The van der Waals surface area contributed by atoms with Gasteiger partial charge in [-0.25, -0.2) is 22.6 Å². The van der Waals surface area contributed by atoms with Crippen LogP contribution in [-0.4, -0.2) is 30.0 Å². The van der Waals surface area contributed by atoms with E-state index in [-0.39, 0.29) is 33.0 Å². The largest absolute Gasteiger partial charge is 0.366 e. The summed E-state index contributed by atoms with van der Waals surface area (Å²) in [6, 6.07) is 22.0. The summed E-state index contributed by atoms with van der Waals surface area (Å²) >= 11 is 0. The number of hydrogen-bond acceptors (Lipinski definition) is 5. The molecule has 0 aliphatic rings. The van der Waals surface area contributed by atoms with E-state index in [0.717, 1.165) is 16.8 Å². The number of nitrogens with zero attached hydrogens (tertiary/aromatic N) is 2. The molecular weight excluding hydrogens is 521 g/mol. The van der Waals surface area contributed by atoms with Crippen LogP contribution in [0.15, 0.2) is 89.8 Å². The molecular formula is C28H22FN5O4S. The summed E-state index contributed by atoms with van der Waals surface area (Å²) in [7, 11) is -4.05. The molecule has 4 aromatic carbocycles. The van der Waals surface area contributed by atoms with Gasteiger partial charge in [-0.3, -0.25) is 9.59 Å². The number of benzene rings is 4. The van der Waals surface area contributed by atoms with E-state index in [2.05, 4.69) is 10.4 Å². The minimum Gasteiger partial charge on any atom is -0.366 e. The third-order valence-corrected chi connectivity index (χ3v) is 7.11. The van der Waals surface area contributed by atoms with Crippen LogP contribution in [0.5, 0.6) is 0 Å². The summed E-state index contributed by atoms with van der Waals surface area (Å²) < 4.78 is 40.4. The Kier molecular flexibility index (Phi) is 6.46. The number of carbonyl (C=O) groups excluding carboxylic acids is 2. The fourth-order valence-electron chi connectivity index (χ4n) is 4.37. The number of sulfonamides is 1. The van der Waals surface area contributed by atoms with Gasteiger partial charge in [-0.1, -0.05) is 48.5 Å². The second-order valence-corrected chi connectivity index (χ2v) is 10.4. The summed E-state index contributed by atoms with van der Waals surface area (Å²) in [5, 5.41) is 13.8. The van der Waals surface area contributed by atoms with E-state index < -0.39 is 27.7 Å². The molecule has 5 N–H and O–H groups in total. The van der Waals surface area contributed by atoms with Gasteiger partial charge < -0.3 is 11.1 Å². The topological polar surface area (TPSA) is 150 Å². The van der Waals surface area contributed by atoms with Gasteiger partial charge in [-0.15, -0.1) is 0 Å². The van der Waals surface area contributed by atoms with E-state index in [9.17, 15) is 18.0 Å². The number of aryl methyl sites for hydroxylation is 1. The number of hydrogen-bond donors (Lipinski definition) is 3. The summed E-state index contributed by atoms with van der Waals surface area (Å²) in [6.45, 7) is 1.68. The first-order valence-electron chi connectivity index (χ1n) is 11.7. The first-order valence-corrected chi connectivity index (χ1v) is 13.2. The Morgan fingerprint density at radius 1 is 0.923 bits per heavy atom. The second-order valence-electron chi connectivity index (χ2n) is 8.85. The molecule has 5 aromatic rings. The maximum atomic E-state index is 15.1. The third kappa shape index (κ3) is 5.00.